The molecule has 0 radical (unpaired) electrons. The zero-order valence-corrected chi connectivity index (χ0v) is 18.7. The van der Waals surface area contributed by atoms with Gasteiger partial charge in [0.25, 0.3) is 0 Å². The van der Waals surface area contributed by atoms with Crippen LogP contribution in [0.5, 0.6) is 17.2 Å². The molecule has 0 bridgehead atoms. The summed E-state index contributed by atoms with van der Waals surface area (Å²) < 4.78 is 16.5. The van der Waals surface area contributed by atoms with Gasteiger partial charge in [-0.1, -0.05) is 43.7 Å². The van der Waals surface area contributed by atoms with E-state index >= 15 is 0 Å². The fourth-order valence-corrected chi connectivity index (χ4v) is 3.40. The van der Waals surface area contributed by atoms with Gasteiger partial charge < -0.3 is 19.5 Å². The first-order chi connectivity index (χ1) is 15.0. The minimum atomic E-state index is -0.259. The molecule has 5 heteroatoms. The first-order valence-electron chi connectivity index (χ1n) is 10.7. The summed E-state index contributed by atoms with van der Waals surface area (Å²) >= 11 is 0. The van der Waals surface area contributed by atoms with Crippen molar-refractivity contribution in [2.45, 2.75) is 39.2 Å². The van der Waals surface area contributed by atoms with Gasteiger partial charge in [0.15, 0.2) is 11.5 Å². The molecule has 0 fully saturated rings. The highest BCUT2D eigenvalue weighted by molar-refractivity contribution is 5.88. The summed E-state index contributed by atoms with van der Waals surface area (Å²) in [4.78, 5) is 12.8. The maximum Gasteiger partial charge on any atom is 0.227 e. The molecule has 0 heterocycles. The highest BCUT2D eigenvalue weighted by Crippen LogP contribution is 2.29. The van der Waals surface area contributed by atoms with Gasteiger partial charge in [-0.25, -0.2) is 0 Å². The molecule has 3 aromatic carbocycles. The first-order valence-corrected chi connectivity index (χ1v) is 10.7. The second-order valence-corrected chi connectivity index (χ2v) is 7.60. The summed E-state index contributed by atoms with van der Waals surface area (Å²) in [6.45, 7) is 5.15. The highest BCUT2D eigenvalue weighted by Gasteiger charge is 2.16. The maximum absolute atomic E-state index is 12.8. The van der Waals surface area contributed by atoms with E-state index in [1.165, 1.54) is 0 Å². The normalized spacial score (nSPS) is 11.7. The molecule has 0 unspecified atom stereocenters. The van der Waals surface area contributed by atoms with E-state index in [4.69, 9.17) is 14.2 Å². The summed E-state index contributed by atoms with van der Waals surface area (Å²) in [5.41, 5.74) is 1.94. The van der Waals surface area contributed by atoms with E-state index < -0.39 is 0 Å². The lowest BCUT2D eigenvalue weighted by Gasteiger charge is -2.15. The molecular formula is C26H31NO4. The lowest BCUT2D eigenvalue weighted by molar-refractivity contribution is -0.122. The van der Waals surface area contributed by atoms with Gasteiger partial charge in [0, 0.05) is 6.54 Å². The van der Waals surface area contributed by atoms with Crippen molar-refractivity contribution < 1.29 is 19.0 Å². The van der Waals surface area contributed by atoms with Crippen molar-refractivity contribution in [1.82, 2.24) is 5.32 Å². The van der Waals surface area contributed by atoms with Crippen LogP contribution in [0.3, 0.4) is 0 Å². The van der Waals surface area contributed by atoms with Crippen LogP contribution in [0.25, 0.3) is 10.8 Å². The Morgan fingerprint density at radius 2 is 1.71 bits per heavy atom. The number of rotatable bonds is 10. The second-order valence-electron chi connectivity index (χ2n) is 7.60. The van der Waals surface area contributed by atoms with Crippen LogP contribution in [0, 0.1) is 0 Å². The standard InChI is InChI=1S/C26H31NO4/c1-5-6-13-31-24-12-7-19(14-25(24)30-4)17-27-26(28)18(2)20-8-9-22-16-23(29-3)11-10-21(22)15-20/h7-12,14-16,18H,5-6,13,17H2,1-4H3,(H,27,28)/t18-/m0/s1. The molecule has 0 saturated heterocycles. The van der Waals surface area contributed by atoms with Crippen LogP contribution in [0.15, 0.2) is 54.6 Å². The molecule has 3 rings (SSSR count). The van der Waals surface area contributed by atoms with E-state index in [0.29, 0.717) is 18.9 Å². The molecule has 1 N–H and O–H groups in total. The molecule has 164 valence electrons. The Hall–Kier alpha value is -3.21. The van der Waals surface area contributed by atoms with Crippen molar-refractivity contribution in [2.75, 3.05) is 20.8 Å². The number of hydrogen-bond acceptors (Lipinski definition) is 4. The van der Waals surface area contributed by atoms with Crippen LogP contribution >= 0.6 is 0 Å². The molecule has 3 aromatic rings. The van der Waals surface area contributed by atoms with Gasteiger partial charge in [0.1, 0.15) is 5.75 Å². The molecule has 5 nitrogen and oxygen atoms in total. The van der Waals surface area contributed by atoms with Crippen molar-refractivity contribution in [3.05, 3.63) is 65.7 Å². The number of amides is 1. The summed E-state index contributed by atoms with van der Waals surface area (Å²) in [6, 6.07) is 17.8. The zero-order valence-electron chi connectivity index (χ0n) is 18.7. The molecule has 0 spiro atoms. The predicted molar refractivity (Wildman–Crippen MR) is 124 cm³/mol. The number of carbonyl (C=O) groups is 1. The van der Waals surface area contributed by atoms with E-state index in [-0.39, 0.29) is 11.8 Å². The number of methoxy groups -OCH3 is 2. The Balaban J connectivity index is 1.64. The minimum Gasteiger partial charge on any atom is -0.497 e. The van der Waals surface area contributed by atoms with Gasteiger partial charge in [-0.15, -0.1) is 0 Å². The maximum atomic E-state index is 12.8. The molecular weight excluding hydrogens is 390 g/mol. The molecule has 0 aliphatic rings. The summed E-state index contributed by atoms with van der Waals surface area (Å²) in [6.07, 6.45) is 2.08. The third-order valence-corrected chi connectivity index (χ3v) is 5.41. The monoisotopic (exact) mass is 421 g/mol. The van der Waals surface area contributed by atoms with Crippen LogP contribution in [0.2, 0.25) is 0 Å². The van der Waals surface area contributed by atoms with Crippen LogP contribution in [-0.2, 0) is 11.3 Å². The number of unbranched alkanes of at least 4 members (excludes halogenated alkanes) is 1. The van der Waals surface area contributed by atoms with Crippen molar-refractivity contribution in [1.29, 1.82) is 0 Å². The predicted octanol–water partition coefficient (Wildman–Crippen LogP) is 5.46. The molecule has 1 amide bonds. The van der Waals surface area contributed by atoms with Crippen molar-refractivity contribution in [3.63, 3.8) is 0 Å². The first kappa shape index (κ1) is 22.5. The number of nitrogens with one attached hydrogen (secondary N) is 1. The summed E-state index contributed by atoms with van der Waals surface area (Å²) in [7, 11) is 3.28. The van der Waals surface area contributed by atoms with Crippen LogP contribution in [0.4, 0.5) is 0 Å². The van der Waals surface area contributed by atoms with Gasteiger partial charge in [0.2, 0.25) is 5.91 Å². The molecule has 0 aromatic heterocycles. The van der Waals surface area contributed by atoms with E-state index in [1.54, 1.807) is 14.2 Å². The lowest BCUT2D eigenvalue weighted by atomic mass is 9.97. The Kier molecular flexibility index (Phi) is 7.76. The largest absolute Gasteiger partial charge is 0.497 e. The average Bonchev–Trinajstić information content (AvgIpc) is 2.81. The minimum absolute atomic E-state index is 0.0184. The van der Waals surface area contributed by atoms with Gasteiger partial charge in [-0.2, -0.15) is 0 Å². The van der Waals surface area contributed by atoms with Crippen LogP contribution in [-0.4, -0.2) is 26.7 Å². The Bertz CT molecular complexity index is 1030. The Labute approximate surface area is 184 Å². The van der Waals surface area contributed by atoms with E-state index in [1.807, 2.05) is 55.5 Å². The van der Waals surface area contributed by atoms with Gasteiger partial charge in [-0.05, 0) is 59.5 Å². The smallest absolute Gasteiger partial charge is 0.227 e. The van der Waals surface area contributed by atoms with Crippen molar-refractivity contribution in [3.8, 4) is 17.2 Å². The number of carbonyl (C=O) groups excluding carboxylic acids is 1. The zero-order chi connectivity index (χ0) is 22.2. The van der Waals surface area contributed by atoms with Gasteiger partial charge >= 0.3 is 0 Å². The SMILES string of the molecule is CCCCOc1ccc(CNC(=O)[C@@H](C)c2ccc3cc(OC)ccc3c2)cc1OC. The average molecular weight is 422 g/mol. The summed E-state index contributed by atoms with van der Waals surface area (Å²) in [5.74, 6) is 1.96. The second kappa shape index (κ2) is 10.7. The highest BCUT2D eigenvalue weighted by atomic mass is 16.5. The van der Waals surface area contributed by atoms with E-state index in [9.17, 15) is 4.79 Å². The number of hydrogen-bond donors (Lipinski definition) is 1. The third-order valence-electron chi connectivity index (χ3n) is 5.41. The van der Waals surface area contributed by atoms with Gasteiger partial charge in [-0.3, -0.25) is 4.79 Å². The molecule has 0 saturated carbocycles. The Morgan fingerprint density at radius 3 is 2.45 bits per heavy atom. The number of fused-ring (bicyclic) bond motifs is 1. The molecule has 0 aliphatic carbocycles. The number of ether oxygens (including phenoxy) is 3. The lowest BCUT2D eigenvalue weighted by Crippen LogP contribution is -2.27. The number of benzene rings is 3. The van der Waals surface area contributed by atoms with Crippen LogP contribution in [0.1, 0.15) is 43.7 Å². The van der Waals surface area contributed by atoms with Gasteiger partial charge in [0.05, 0.1) is 26.7 Å². The fraction of sp³-hybridized carbons (Fsp3) is 0.346. The van der Waals surface area contributed by atoms with Crippen LogP contribution < -0.4 is 19.5 Å². The topological polar surface area (TPSA) is 56.8 Å². The molecule has 0 aliphatic heterocycles. The fourth-order valence-electron chi connectivity index (χ4n) is 3.40. The summed E-state index contributed by atoms with van der Waals surface area (Å²) in [5, 5.41) is 5.20. The Morgan fingerprint density at radius 1 is 0.935 bits per heavy atom. The van der Waals surface area contributed by atoms with Crippen molar-refractivity contribution >= 4 is 16.7 Å². The molecule has 31 heavy (non-hydrogen) atoms. The van der Waals surface area contributed by atoms with Crippen molar-refractivity contribution in [2.24, 2.45) is 0 Å². The van der Waals surface area contributed by atoms with E-state index in [0.717, 1.165) is 46.2 Å². The van der Waals surface area contributed by atoms with E-state index in [2.05, 4.69) is 18.3 Å². The quantitative estimate of drug-likeness (QED) is 0.442. The molecule has 1 atom stereocenters. The third kappa shape index (κ3) is 5.69.